The van der Waals surface area contributed by atoms with E-state index >= 15 is 0 Å². The number of hydrogen-bond acceptors (Lipinski definition) is 2. The van der Waals surface area contributed by atoms with E-state index in [2.05, 4.69) is 4.98 Å². The Balaban J connectivity index is 3.34. The molecule has 0 saturated carbocycles. The van der Waals surface area contributed by atoms with Crippen LogP contribution < -0.4 is 16.1 Å². The first-order valence-corrected chi connectivity index (χ1v) is 2.56. The number of nitrogen functional groups attached to an aromatic ring is 1. The molecular weight excluding hydrogens is 118 g/mol. The van der Waals surface area contributed by atoms with Crippen LogP contribution >= 0.6 is 0 Å². The van der Waals surface area contributed by atoms with Crippen molar-refractivity contribution < 1.29 is 4.68 Å². The number of hydrogen-bond donors (Lipinski definition) is 2. The highest BCUT2D eigenvalue weighted by Crippen LogP contribution is 1.72. The molecule has 1 aromatic rings. The van der Waals surface area contributed by atoms with Crippen molar-refractivity contribution in [1.29, 1.82) is 0 Å². The largest absolute Gasteiger partial charge is 0.335 e. The number of nitrogens with zero attached hydrogens (tertiary/aromatic N) is 1. The Labute approximate surface area is 51.9 Å². The number of aromatic amines is 1. The molecule has 9 heavy (non-hydrogen) atoms. The second-order valence-electron chi connectivity index (χ2n) is 1.83. The van der Waals surface area contributed by atoms with Crippen LogP contribution in [-0.4, -0.2) is 4.98 Å². The molecule has 0 radical (unpaired) electrons. The van der Waals surface area contributed by atoms with Crippen molar-refractivity contribution in [2.45, 2.75) is 6.92 Å². The van der Waals surface area contributed by atoms with Crippen LogP contribution in [0.1, 0.15) is 5.69 Å². The summed E-state index contributed by atoms with van der Waals surface area (Å²) in [6.07, 6.45) is 1.41. The predicted molar refractivity (Wildman–Crippen MR) is 32.1 cm³/mol. The molecule has 3 N–H and O–H groups in total. The minimum Gasteiger partial charge on any atom is -0.269 e. The van der Waals surface area contributed by atoms with E-state index in [-0.39, 0.29) is 5.56 Å². The zero-order valence-corrected chi connectivity index (χ0v) is 5.09. The maximum atomic E-state index is 10.5. The SMILES string of the molecule is Cc1cc(=O)[nH]c[n+]1N. The smallest absolute Gasteiger partial charge is 0.269 e. The lowest BCUT2D eigenvalue weighted by molar-refractivity contribution is -0.648. The fraction of sp³-hybridized carbons (Fsp3) is 0.200. The number of rotatable bonds is 0. The Morgan fingerprint density at radius 1 is 1.78 bits per heavy atom. The summed E-state index contributed by atoms with van der Waals surface area (Å²) < 4.78 is 1.35. The number of nitrogens with two attached hydrogens (primary N) is 1. The average molecular weight is 126 g/mol. The number of aromatic nitrogens is 2. The normalized spacial score (nSPS) is 9.44. The highest BCUT2D eigenvalue weighted by molar-refractivity contribution is 4.87. The minimum absolute atomic E-state index is 0.130. The van der Waals surface area contributed by atoms with Gasteiger partial charge in [0, 0.05) is 6.92 Å². The Morgan fingerprint density at radius 3 is 2.89 bits per heavy atom. The molecule has 1 heterocycles. The van der Waals surface area contributed by atoms with Gasteiger partial charge in [-0.3, -0.25) is 5.84 Å². The van der Waals surface area contributed by atoms with Gasteiger partial charge in [0.25, 0.3) is 6.33 Å². The molecular formula is C5H8N3O+. The van der Waals surface area contributed by atoms with Crippen LogP contribution in [0.2, 0.25) is 0 Å². The number of nitrogens with one attached hydrogen (secondary N) is 1. The van der Waals surface area contributed by atoms with Crippen molar-refractivity contribution in [2.75, 3.05) is 5.84 Å². The standard InChI is InChI=1S/C5H7N3O/c1-4-2-5(9)7-3-8(4)6/h2-3H,6H2,1H3/p+1. The highest BCUT2D eigenvalue weighted by Gasteiger charge is 1.96. The number of aryl methyl sites for hydroxylation is 1. The van der Waals surface area contributed by atoms with Gasteiger partial charge < -0.3 is 0 Å². The quantitative estimate of drug-likeness (QED) is 0.334. The highest BCUT2D eigenvalue weighted by atomic mass is 16.1. The molecule has 0 aromatic carbocycles. The van der Waals surface area contributed by atoms with Gasteiger partial charge in [0.2, 0.25) is 0 Å². The third kappa shape index (κ3) is 1.07. The summed E-state index contributed by atoms with van der Waals surface area (Å²) in [5, 5.41) is 0. The third-order valence-corrected chi connectivity index (χ3v) is 1.09. The van der Waals surface area contributed by atoms with Gasteiger partial charge in [-0.2, -0.15) is 0 Å². The van der Waals surface area contributed by atoms with E-state index < -0.39 is 0 Å². The van der Waals surface area contributed by atoms with E-state index in [0.717, 1.165) is 5.69 Å². The number of H-pyrrole nitrogens is 1. The topological polar surface area (TPSA) is 62.8 Å². The molecule has 0 spiro atoms. The zero-order valence-electron chi connectivity index (χ0n) is 5.09. The molecule has 1 rings (SSSR count). The lowest BCUT2D eigenvalue weighted by Gasteiger charge is -1.89. The van der Waals surface area contributed by atoms with E-state index in [4.69, 9.17) is 5.84 Å². The minimum atomic E-state index is -0.130. The summed E-state index contributed by atoms with van der Waals surface area (Å²) >= 11 is 0. The lowest BCUT2D eigenvalue weighted by atomic mass is 10.5. The second-order valence-corrected chi connectivity index (χ2v) is 1.83. The molecule has 48 valence electrons. The molecule has 0 aliphatic heterocycles. The molecule has 0 aliphatic rings. The fourth-order valence-corrected chi connectivity index (χ4v) is 0.541. The van der Waals surface area contributed by atoms with Crippen molar-refractivity contribution >= 4 is 0 Å². The summed E-state index contributed by atoms with van der Waals surface area (Å²) in [4.78, 5) is 12.9. The fourth-order valence-electron chi connectivity index (χ4n) is 0.541. The van der Waals surface area contributed by atoms with Crippen molar-refractivity contribution in [1.82, 2.24) is 4.98 Å². The molecule has 0 aliphatic carbocycles. The van der Waals surface area contributed by atoms with E-state index in [0.29, 0.717) is 0 Å². The molecule has 0 unspecified atom stereocenters. The Hall–Kier alpha value is -1.32. The molecule has 0 amide bonds. The molecule has 0 bridgehead atoms. The third-order valence-electron chi connectivity index (χ3n) is 1.09. The molecule has 0 fully saturated rings. The maximum Gasteiger partial charge on any atom is 0.335 e. The lowest BCUT2D eigenvalue weighted by Crippen LogP contribution is -2.48. The summed E-state index contributed by atoms with van der Waals surface area (Å²) in [5.74, 6) is 5.34. The van der Waals surface area contributed by atoms with Gasteiger partial charge in [-0.15, -0.1) is 4.68 Å². The predicted octanol–water partition coefficient (Wildman–Crippen LogP) is -1.32. The molecule has 1 aromatic heterocycles. The average Bonchev–Trinajstić information content (AvgIpc) is 1.80. The maximum absolute atomic E-state index is 10.5. The first-order valence-electron chi connectivity index (χ1n) is 2.56. The summed E-state index contributed by atoms with van der Waals surface area (Å²) in [5.41, 5.74) is 0.605. The van der Waals surface area contributed by atoms with Crippen LogP contribution in [0.5, 0.6) is 0 Å². The second kappa shape index (κ2) is 1.89. The monoisotopic (exact) mass is 126 g/mol. The zero-order chi connectivity index (χ0) is 6.85. The van der Waals surface area contributed by atoms with Crippen molar-refractivity contribution in [3.05, 3.63) is 28.4 Å². The van der Waals surface area contributed by atoms with Crippen LogP contribution in [-0.2, 0) is 0 Å². The van der Waals surface area contributed by atoms with Gasteiger partial charge in [-0.05, 0) is 0 Å². The van der Waals surface area contributed by atoms with Gasteiger partial charge in [0.05, 0.1) is 6.07 Å². The van der Waals surface area contributed by atoms with Crippen molar-refractivity contribution in [3.8, 4) is 0 Å². The van der Waals surface area contributed by atoms with Gasteiger partial charge in [-0.25, -0.2) is 9.78 Å². The Bertz CT molecular complexity index is 265. The van der Waals surface area contributed by atoms with E-state index in [1.165, 1.54) is 17.1 Å². The van der Waals surface area contributed by atoms with Crippen LogP contribution in [0.25, 0.3) is 0 Å². The van der Waals surface area contributed by atoms with Crippen molar-refractivity contribution in [2.24, 2.45) is 0 Å². The Morgan fingerprint density at radius 2 is 2.44 bits per heavy atom. The van der Waals surface area contributed by atoms with Crippen LogP contribution in [0, 0.1) is 6.92 Å². The molecule has 0 atom stereocenters. The van der Waals surface area contributed by atoms with E-state index in [1.54, 1.807) is 6.92 Å². The van der Waals surface area contributed by atoms with Crippen LogP contribution in [0.3, 0.4) is 0 Å². The van der Waals surface area contributed by atoms with Gasteiger partial charge in [0.1, 0.15) is 5.69 Å². The van der Waals surface area contributed by atoms with Gasteiger partial charge in [-0.1, -0.05) is 0 Å². The summed E-state index contributed by atoms with van der Waals surface area (Å²) in [7, 11) is 0. The molecule has 4 heteroatoms. The van der Waals surface area contributed by atoms with E-state index in [1.807, 2.05) is 0 Å². The van der Waals surface area contributed by atoms with Crippen molar-refractivity contribution in [3.63, 3.8) is 0 Å². The summed E-state index contributed by atoms with van der Waals surface area (Å²) in [6, 6.07) is 1.43. The molecule has 0 saturated heterocycles. The Kier molecular flexibility index (Phi) is 1.22. The first kappa shape index (κ1) is 5.81. The van der Waals surface area contributed by atoms with Gasteiger partial charge >= 0.3 is 5.56 Å². The first-order chi connectivity index (χ1) is 4.20. The summed E-state index contributed by atoms with van der Waals surface area (Å²) in [6.45, 7) is 1.76. The van der Waals surface area contributed by atoms with Crippen LogP contribution in [0.4, 0.5) is 0 Å². The van der Waals surface area contributed by atoms with E-state index in [9.17, 15) is 4.79 Å². The van der Waals surface area contributed by atoms with Gasteiger partial charge in [0.15, 0.2) is 0 Å². The molecule has 4 nitrogen and oxygen atoms in total. The van der Waals surface area contributed by atoms with Crippen LogP contribution in [0.15, 0.2) is 17.2 Å².